The fourth-order valence-electron chi connectivity index (χ4n) is 3.63. The van der Waals surface area contributed by atoms with Gasteiger partial charge in [-0.1, -0.05) is 19.1 Å². The summed E-state index contributed by atoms with van der Waals surface area (Å²) in [4.78, 5) is 11.9. The molecule has 0 aliphatic rings. The lowest BCUT2D eigenvalue weighted by molar-refractivity contribution is 0.100. The first-order valence-electron chi connectivity index (χ1n) is 9.01. The number of rotatable bonds is 4. The SMILES string of the molecule is CCc1c[c]c2c3c(C(N)=O)cccc3n(Cc3c(F)c(F)c(F)c(F)c3F)c2c1. The van der Waals surface area contributed by atoms with Crippen LogP contribution in [0.1, 0.15) is 28.4 Å². The summed E-state index contributed by atoms with van der Waals surface area (Å²) in [6.45, 7) is 1.25. The van der Waals surface area contributed by atoms with E-state index in [1.165, 1.54) is 16.7 Å². The van der Waals surface area contributed by atoms with Crippen molar-refractivity contribution in [3.8, 4) is 0 Å². The number of carbonyl (C=O) groups excluding carboxylic acids is 1. The van der Waals surface area contributed by atoms with E-state index in [2.05, 4.69) is 6.07 Å². The highest BCUT2D eigenvalue weighted by atomic mass is 19.2. The zero-order chi connectivity index (χ0) is 21.7. The number of aryl methyl sites for hydroxylation is 1. The summed E-state index contributed by atoms with van der Waals surface area (Å²) >= 11 is 0. The van der Waals surface area contributed by atoms with E-state index in [0.717, 1.165) is 5.56 Å². The van der Waals surface area contributed by atoms with E-state index in [1.54, 1.807) is 18.2 Å². The molecule has 30 heavy (non-hydrogen) atoms. The molecule has 1 amide bonds. The largest absolute Gasteiger partial charge is 0.366 e. The van der Waals surface area contributed by atoms with Crippen LogP contribution in [0.2, 0.25) is 0 Å². The molecular formula is C22H14F5N2O. The number of hydrogen-bond donors (Lipinski definition) is 1. The number of primary amides is 1. The Bertz CT molecular complexity index is 1310. The predicted molar refractivity (Wildman–Crippen MR) is 102 cm³/mol. The van der Waals surface area contributed by atoms with Crippen molar-refractivity contribution in [1.29, 1.82) is 0 Å². The Balaban J connectivity index is 2.09. The average molecular weight is 417 g/mol. The molecule has 1 heterocycles. The third-order valence-electron chi connectivity index (χ3n) is 5.14. The van der Waals surface area contributed by atoms with Crippen LogP contribution in [0.5, 0.6) is 0 Å². The van der Waals surface area contributed by atoms with Crippen molar-refractivity contribution >= 4 is 27.7 Å². The maximum atomic E-state index is 14.3. The Hall–Kier alpha value is -3.42. The number of amides is 1. The Labute approximate surface area is 167 Å². The Morgan fingerprint density at radius 3 is 2.23 bits per heavy atom. The maximum Gasteiger partial charge on any atom is 0.249 e. The van der Waals surface area contributed by atoms with Gasteiger partial charge in [-0.2, -0.15) is 0 Å². The van der Waals surface area contributed by atoms with Gasteiger partial charge in [0.1, 0.15) is 0 Å². The minimum atomic E-state index is -2.21. The number of nitrogens with two attached hydrogens (primary N) is 1. The van der Waals surface area contributed by atoms with Crippen LogP contribution >= 0.6 is 0 Å². The van der Waals surface area contributed by atoms with Gasteiger partial charge in [0.15, 0.2) is 23.3 Å². The molecule has 1 radical (unpaired) electrons. The predicted octanol–water partition coefficient (Wildman–Crippen LogP) is 5.00. The third kappa shape index (κ3) is 2.82. The smallest absolute Gasteiger partial charge is 0.249 e. The molecule has 153 valence electrons. The summed E-state index contributed by atoms with van der Waals surface area (Å²) in [5, 5.41) is 0.854. The Morgan fingerprint density at radius 2 is 1.63 bits per heavy atom. The van der Waals surface area contributed by atoms with E-state index in [9.17, 15) is 26.7 Å². The zero-order valence-corrected chi connectivity index (χ0v) is 15.6. The van der Waals surface area contributed by atoms with Crippen LogP contribution in [0, 0.1) is 35.2 Å². The Morgan fingerprint density at radius 1 is 1.00 bits per heavy atom. The van der Waals surface area contributed by atoms with Gasteiger partial charge in [0.05, 0.1) is 17.6 Å². The molecule has 8 heteroatoms. The number of fused-ring (bicyclic) bond motifs is 3. The van der Waals surface area contributed by atoms with Crippen LogP contribution in [-0.4, -0.2) is 10.5 Å². The van der Waals surface area contributed by atoms with E-state index in [-0.39, 0.29) is 5.56 Å². The summed E-state index contributed by atoms with van der Waals surface area (Å²) < 4.78 is 70.9. The second-order valence-electron chi connectivity index (χ2n) is 6.82. The summed E-state index contributed by atoms with van der Waals surface area (Å²) in [6.07, 6.45) is 0.624. The summed E-state index contributed by atoms with van der Waals surface area (Å²) in [7, 11) is 0. The normalized spacial score (nSPS) is 11.5. The van der Waals surface area contributed by atoms with Gasteiger partial charge in [-0.05, 0) is 36.2 Å². The van der Waals surface area contributed by atoms with E-state index >= 15 is 0 Å². The molecule has 0 bridgehead atoms. The van der Waals surface area contributed by atoms with Crippen LogP contribution in [0.25, 0.3) is 21.8 Å². The second kappa shape index (κ2) is 7.12. The molecule has 4 rings (SSSR count). The highest BCUT2D eigenvalue weighted by Gasteiger charge is 2.27. The monoisotopic (exact) mass is 417 g/mol. The van der Waals surface area contributed by atoms with Gasteiger partial charge in [0, 0.05) is 21.9 Å². The number of aromatic nitrogens is 1. The van der Waals surface area contributed by atoms with Crippen molar-refractivity contribution in [3.05, 3.63) is 82.2 Å². The van der Waals surface area contributed by atoms with Crippen LogP contribution in [0.15, 0.2) is 30.3 Å². The molecule has 4 aromatic rings. The lowest BCUT2D eigenvalue weighted by Crippen LogP contribution is -2.12. The maximum absolute atomic E-state index is 14.3. The molecule has 1 aromatic heterocycles. The summed E-state index contributed by atoms with van der Waals surface area (Å²) in [5.41, 5.74) is 6.28. The standard InChI is InChI=1S/C22H14F5N2O/c1-2-10-6-7-11-15(8-10)29(14-5-3-4-12(16(11)14)22(28)30)9-13-17(23)19(25)21(27)20(26)18(13)24/h3-6,8H,2,9H2,1H3,(H2,28,30). The van der Waals surface area contributed by atoms with E-state index in [1.807, 2.05) is 6.92 Å². The first-order valence-corrected chi connectivity index (χ1v) is 9.01. The first kappa shape index (κ1) is 19.9. The molecule has 0 atom stereocenters. The molecule has 0 fully saturated rings. The first-order chi connectivity index (χ1) is 14.3. The van der Waals surface area contributed by atoms with Crippen molar-refractivity contribution in [3.63, 3.8) is 0 Å². The molecular weight excluding hydrogens is 403 g/mol. The van der Waals surface area contributed by atoms with Gasteiger partial charge in [-0.25, -0.2) is 22.0 Å². The van der Waals surface area contributed by atoms with E-state index < -0.39 is 47.1 Å². The lowest BCUT2D eigenvalue weighted by Gasteiger charge is -2.12. The van der Waals surface area contributed by atoms with Crippen LogP contribution in [0.4, 0.5) is 22.0 Å². The van der Waals surface area contributed by atoms with Gasteiger partial charge in [-0.15, -0.1) is 0 Å². The lowest BCUT2D eigenvalue weighted by atomic mass is 10.0. The number of benzene rings is 3. The topological polar surface area (TPSA) is 48.0 Å². The number of nitrogens with zero attached hydrogens (tertiary/aromatic N) is 1. The molecule has 0 saturated carbocycles. The van der Waals surface area contributed by atoms with Crippen molar-refractivity contribution in [2.45, 2.75) is 19.9 Å². The molecule has 0 unspecified atom stereocenters. The number of hydrogen-bond acceptors (Lipinski definition) is 1. The van der Waals surface area contributed by atoms with Crippen LogP contribution in [-0.2, 0) is 13.0 Å². The zero-order valence-electron chi connectivity index (χ0n) is 15.6. The average Bonchev–Trinajstić information content (AvgIpc) is 3.06. The minimum absolute atomic E-state index is 0.161. The van der Waals surface area contributed by atoms with Gasteiger partial charge < -0.3 is 10.3 Å². The number of carbonyl (C=O) groups is 1. The fraction of sp³-hybridized carbons (Fsp3) is 0.136. The molecule has 3 aromatic carbocycles. The minimum Gasteiger partial charge on any atom is -0.366 e. The van der Waals surface area contributed by atoms with Gasteiger partial charge in [0.2, 0.25) is 11.7 Å². The van der Waals surface area contributed by atoms with Crippen molar-refractivity contribution in [1.82, 2.24) is 4.57 Å². The quantitative estimate of drug-likeness (QED) is 0.284. The summed E-state index contributed by atoms with van der Waals surface area (Å²) in [5.74, 6) is -10.8. The highest BCUT2D eigenvalue weighted by Crippen LogP contribution is 2.34. The number of halogens is 5. The molecule has 0 saturated heterocycles. The van der Waals surface area contributed by atoms with E-state index in [4.69, 9.17) is 5.73 Å². The van der Waals surface area contributed by atoms with Crippen LogP contribution in [0.3, 0.4) is 0 Å². The highest BCUT2D eigenvalue weighted by molar-refractivity contribution is 6.17. The molecule has 2 N–H and O–H groups in total. The van der Waals surface area contributed by atoms with Gasteiger partial charge >= 0.3 is 0 Å². The molecule has 3 nitrogen and oxygen atoms in total. The second-order valence-corrected chi connectivity index (χ2v) is 6.82. The third-order valence-corrected chi connectivity index (χ3v) is 5.14. The van der Waals surface area contributed by atoms with Crippen molar-refractivity contribution in [2.75, 3.05) is 0 Å². The van der Waals surface area contributed by atoms with Crippen LogP contribution < -0.4 is 5.73 Å². The molecule has 0 aliphatic heterocycles. The van der Waals surface area contributed by atoms with E-state index in [0.29, 0.717) is 28.2 Å². The molecule has 0 aliphatic carbocycles. The van der Waals surface area contributed by atoms with Gasteiger partial charge in [0.25, 0.3) is 0 Å². The van der Waals surface area contributed by atoms with Gasteiger partial charge in [-0.3, -0.25) is 4.79 Å². The molecule has 0 spiro atoms. The van der Waals surface area contributed by atoms with Crippen molar-refractivity contribution in [2.24, 2.45) is 5.73 Å². The van der Waals surface area contributed by atoms with Crippen molar-refractivity contribution < 1.29 is 26.7 Å². The fourth-order valence-corrected chi connectivity index (χ4v) is 3.63. The summed E-state index contributed by atoms with van der Waals surface area (Å²) in [6, 6.07) is 11.1. The Kier molecular flexibility index (Phi) is 4.72.